The Morgan fingerprint density at radius 2 is 1.77 bits per heavy atom. The van der Waals surface area contributed by atoms with Gasteiger partial charge in [-0.2, -0.15) is 0 Å². The van der Waals surface area contributed by atoms with E-state index in [0.717, 1.165) is 55.4 Å². The van der Waals surface area contributed by atoms with Crippen LogP contribution in [0, 0.1) is 0 Å². The van der Waals surface area contributed by atoms with Gasteiger partial charge in [0.25, 0.3) is 0 Å². The molecule has 0 aliphatic carbocycles. The Labute approximate surface area is 176 Å². The van der Waals surface area contributed by atoms with Gasteiger partial charge in [0.15, 0.2) is 0 Å². The highest BCUT2D eigenvalue weighted by molar-refractivity contribution is 5.74. The zero-order valence-electron chi connectivity index (χ0n) is 17.1. The van der Waals surface area contributed by atoms with Crippen molar-refractivity contribution in [3.05, 3.63) is 67.1 Å². The Morgan fingerprint density at radius 1 is 0.933 bits per heavy atom. The van der Waals surface area contributed by atoms with Gasteiger partial charge in [0.2, 0.25) is 5.95 Å². The number of fused-ring (bicyclic) bond motifs is 1. The topological polar surface area (TPSA) is 61.6 Å². The fourth-order valence-corrected chi connectivity index (χ4v) is 3.96. The molecule has 7 nitrogen and oxygen atoms in total. The number of nitrogens with one attached hydrogen (secondary N) is 1. The molecular formula is C23H25N7. The minimum atomic E-state index is 0.582. The van der Waals surface area contributed by atoms with Crippen LogP contribution in [0.5, 0.6) is 0 Å². The van der Waals surface area contributed by atoms with E-state index >= 15 is 0 Å². The maximum atomic E-state index is 4.76. The average Bonchev–Trinajstić information content (AvgIpc) is 3.24. The van der Waals surface area contributed by atoms with Crippen LogP contribution in [0.25, 0.3) is 17.0 Å². The second-order valence-corrected chi connectivity index (χ2v) is 7.40. The van der Waals surface area contributed by atoms with Gasteiger partial charge in [-0.3, -0.25) is 4.40 Å². The molecule has 1 fully saturated rings. The molecule has 1 aliphatic heterocycles. The van der Waals surface area contributed by atoms with Gasteiger partial charge in [0.1, 0.15) is 5.65 Å². The van der Waals surface area contributed by atoms with Crippen LogP contribution in [0.4, 0.5) is 17.3 Å². The summed E-state index contributed by atoms with van der Waals surface area (Å²) in [5.41, 5.74) is 4.90. The molecule has 7 heteroatoms. The molecule has 1 aliphatic rings. The van der Waals surface area contributed by atoms with Gasteiger partial charge in [-0.05, 0) is 36.9 Å². The fourth-order valence-electron chi connectivity index (χ4n) is 3.96. The zero-order valence-corrected chi connectivity index (χ0v) is 17.1. The number of benzene rings is 1. The minimum absolute atomic E-state index is 0.582. The number of pyridine rings is 1. The van der Waals surface area contributed by atoms with Gasteiger partial charge in [0, 0.05) is 38.6 Å². The SMILES string of the molecule is CCN1CCN(c2ccccc2Nc2nccc(-c3cnc4ccccn34)n2)CC1. The van der Waals surface area contributed by atoms with Crippen molar-refractivity contribution in [1.29, 1.82) is 0 Å². The van der Waals surface area contributed by atoms with E-state index in [-0.39, 0.29) is 0 Å². The first-order valence-electron chi connectivity index (χ1n) is 10.4. The van der Waals surface area contributed by atoms with Crippen LogP contribution in [-0.4, -0.2) is 57.0 Å². The van der Waals surface area contributed by atoms with Gasteiger partial charge < -0.3 is 15.1 Å². The van der Waals surface area contributed by atoms with E-state index in [9.17, 15) is 0 Å². The van der Waals surface area contributed by atoms with Gasteiger partial charge in [-0.15, -0.1) is 0 Å². The summed E-state index contributed by atoms with van der Waals surface area (Å²) >= 11 is 0. The second-order valence-electron chi connectivity index (χ2n) is 7.40. The first-order valence-corrected chi connectivity index (χ1v) is 10.4. The smallest absolute Gasteiger partial charge is 0.227 e. The Bertz CT molecular complexity index is 1140. The highest BCUT2D eigenvalue weighted by Gasteiger charge is 2.18. The molecule has 0 bridgehead atoms. The Balaban J connectivity index is 1.42. The predicted octanol–water partition coefficient (Wildman–Crippen LogP) is 3.68. The highest BCUT2D eigenvalue weighted by Crippen LogP contribution is 2.29. The quantitative estimate of drug-likeness (QED) is 0.552. The monoisotopic (exact) mass is 399 g/mol. The summed E-state index contributed by atoms with van der Waals surface area (Å²) in [6.45, 7) is 7.55. The molecule has 1 N–H and O–H groups in total. The van der Waals surface area contributed by atoms with Crippen molar-refractivity contribution in [3.63, 3.8) is 0 Å². The standard InChI is InChI=1S/C23H25N7/c1-2-28-13-15-29(16-14-28)20-8-4-3-7-18(20)26-23-24-11-10-19(27-23)21-17-25-22-9-5-6-12-30(21)22/h3-12,17H,2,13-16H2,1H3,(H,24,26,27). The van der Waals surface area contributed by atoms with Crippen LogP contribution in [0.2, 0.25) is 0 Å². The molecule has 5 rings (SSSR count). The van der Waals surface area contributed by atoms with E-state index in [4.69, 9.17) is 4.98 Å². The molecule has 0 amide bonds. The number of hydrogen-bond donors (Lipinski definition) is 1. The van der Waals surface area contributed by atoms with Crippen molar-refractivity contribution in [2.45, 2.75) is 6.92 Å². The molecule has 0 unspecified atom stereocenters. The summed E-state index contributed by atoms with van der Waals surface area (Å²) in [6.07, 6.45) is 5.64. The molecule has 0 radical (unpaired) electrons. The molecular weight excluding hydrogens is 374 g/mol. The number of likely N-dealkylation sites (N-methyl/N-ethyl adjacent to an activating group) is 1. The summed E-state index contributed by atoms with van der Waals surface area (Å²) < 4.78 is 2.03. The summed E-state index contributed by atoms with van der Waals surface area (Å²) in [4.78, 5) is 18.6. The molecule has 1 saturated heterocycles. The molecule has 1 aromatic carbocycles. The van der Waals surface area contributed by atoms with E-state index in [2.05, 4.69) is 50.2 Å². The van der Waals surface area contributed by atoms with Crippen molar-refractivity contribution < 1.29 is 0 Å². The third-order valence-corrected chi connectivity index (χ3v) is 5.65. The lowest BCUT2D eigenvalue weighted by atomic mass is 10.2. The molecule has 4 aromatic rings. The Morgan fingerprint density at radius 3 is 2.63 bits per heavy atom. The maximum absolute atomic E-state index is 4.76. The summed E-state index contributed by atoms with van der Waals surface area (Å²) in [5.74, 6) is 0.582. The number of imidazole rings is 1. The lowest BCUT2D eigenvalue weighted by molar-refractivity contribution is 0.271. The predicted molar refractivity (Wildman–Crippen MR) is 120 cm³/mol. The Hall–Kier alpha value is -3.45. The molecule has 3 aromatic heterocycles. The number of nitrogens with zero attached hydrogens (tertiary/aromatic N) is 6. The first-order chi connectivity index (χ1) is 14.8. The largest absolute Gasteiger partial charge is 0.367 e. The lowest BCUT2D eigenvalue weighted by Crippen LogP contribution is -2.46. The fraction of sp³-hybridized carbons (Fsp3) is 0.261. The first kappa shape index (κ1) is 18.6. The van der Waals surface area contributed by atoms with Gasteiger partial charge in [-0.1, -0.05) is 25.1 Å². The number of aromatic nitrogens is 4. The van der Waals surface area contributed by atoms with Crippen LogP contribution < -0.4 is 10.2 Å². The number of anilines is 3. The van der Waals surface area contributed by atoms with Gasteiger partial charge in [0.05, 0.1) is 29.0 Å². The van der Waals surface area contributed by atoms with E-state index in [1.807, 2.05) is 47.1 Å². The number of hydrogen-bond acceptors (Lipinski definition) is 6. The van der Waals surface area contributed by atoms with E-state index in [0.29, 0.717) is 5.95 Å². The summed E-state index contributed by atoms with van der Waals surface area (Å²) in [5, 5.41) is 3.44. The molecule has 0 saturated carbocycles. The Kier molecular flexibility index (Phi) is 5.03. The third kappa shape index (κ3) is 3.59. The molecule has 0 atom stereocenters. The summed E-state index contributed by atoms with van der Waals surface area (Å²) in [6, 6.07) is 16.3. The van der Waals surface area contributed by atoms with Crippen molar-refractivity contribution in [2.24, 2.45) is 0 Å². The minimum Gasteiger partial charge on any atom is -0.367 e. The number of rotatable bonds is 5. The highest BCUT2D eigenvalue weighted by atomic mass is 15.3. The van der Waals surface area contributed by atoms with E-state index in [1.165, 1.54) is 5.69 Å². The van der Waals surface area contributed by atoms with Crippen molar-refractivity contribution in [2.75, 3.05) is 42.9 Å². The normalized spacial score (nSPS) is 14.9. The lowest BCUT2D eigenvalue weighted by Gasteiger charge is -2.36. The van der Waals surface area contributed by atoms with Gasteiger partial charge >= 0.3 is 0 Å². The summed E-state index contributed by atoms with van der Waals surface area (Å²) in [7, 11) is 0. The van der Waals surface area contributed by atoms with Crippen LogP contribution in [0.1, 0.15) is 6.92 Å². The zero-order chi connectivity index (χ0) is 20.3. The van der Waals surface area contributed by atoms with Crippen LogP contribution in [0.3, 0.4) is 0 Å². The second kappa shape index (κ2) is 8.12. The molecule has 0 spiro atoms. The van der Waals surface area contributed by atoms with Crippen LogP contribution in [0.15, 0.2) is 67.1 Å². The number of para-hydroxylation sites is 2. The molecule has 4 heterocycles. The van der Waals surface area contributed by atoms with E-state index < -0.39 is 0 Å². The van der Waals surface area contributed by atoms with Gasteiger partial charge in [-0.25, -0.2) is 15.0 Å². The molecule has 152 valence electrons. The van der Waals surface area contributed by atoms with E-state index in [1.54, 1.807) is 6.20 Å². The average molecular weight is 400 g/mol. The van der Waals surface area contributed by atoms with Crippen molar-refractivity contribution in [3.8, 4) is 11.4 Å². The maximum Gasteiger partial charge on any atom is 0.227 e. The van der Waals surface area contributed by atoms with Crippen molar-refractivity contribution in [1.82, 2.24) is 24.3 Å². The number of piperazine rings is 1. The molecule has 30 heavy (non-hydrogen) atoms. The third-order valence-electron chi connectivity index (χ3n) is 5.65. The van der Waals surface area contributed by atoms with Crippen LogP contribution in [-0.2, 0) is 0 Å². The van der Waals surface area contributed by atoms with Crippen LogP contribution >= 0.6 is 0 Å². The van der Waals surface area contributed by atoms with Crippen molar-refractivity contribution >= 4 is 23.0 Å².